The second-order valence-electron chi connectivity index (χ2n) is 4.37. The molecule has 0 aromatic carbocycles. The van der Waals surface area contributed by atoms with Gasteiger partial charge in [-0.1, -0.05) is 34.1 Å². The molecule has 2 aliphatic heterocycles. The standard InChI is InChI=1S/C6H13N.C5H11N.2C2H6/c1-7-5-3-2-4-6-7;1-6-4-2-3-5-6;2*1-2/h2-6H2,1H3;2-5H2,1H3;2*1-2H3. The molecule has 0 unspecified atom stereocenters. The molecule has 0 N–H and O–H groups in total. The molecule has 0 atom stereocenters. The van der Waals surface area contributed by atoms with Gasteiger partial charge in [-0.2, -0.15) is 0 Å². The molecule has 0 amide bonds. The van der Waals surface area contributed by atoms with Gasteiger partial charge in [0.1, 0.15) is 0 Å². The zero-order valence-electron chi connectivity index (χ0n) is 13.3. The quantitative estimate of drug-likeness (QED) is 0.638. The minimum Gasteiger partial charge on any atom is -0.306 e. The average Bonchev–Trinajstić information content (AvgIpc) is 2.87. The average molecular weight is 244 g/mol. The van der Waals surface area contributed by atoms with Crippen LogP contribution < -0.4 is 0 Å². The maximum absolute atomic E-state index is 2.39. The largest absolute Gasteiger partial charge is 0.306 e. The van der Waals surface area contributed by atoms with Gasteiger partial charge in [-0.3, -0.25) is 0 Å². The third-order valence-electron chi connectivity index (χ3n) is 2.91. The highest BCUT2D eigenvalue weighted by molar-refractivity contribution is 4.59. The molecule has 2 saturated heterocycles. The third-order valence-corrected chi connectivity index (χ3v) is 2.91. The lowest BCUT2D eigenvalue weighted by atomic mass is 10.1. The summed E-state index contributed by atoms with van der Waals surface area (Å²) in [5.41, 5.74) is 0. The molecule has 0 aromatic heterocycles. The lowest BCUT2D eigenvalue weighted by molar-refractivity contribution is 0.277. The summed E-state index contributed by atoms with van der Waals surface area (Å²) in [7, 11) is 4.37. The van der Waals surface area contributed by atoms with Crippen LogP contribution in [0.5, 0.6) is 0 Å². The minimum atomic E-state index is 1.32. The minimum absolute atomic E-state index is 1.32. The summed E-state index contributed by atoms with van der Waals surface area (Å²) in [6.45, 7) is 13.3. The highest BCUT2D eigenvalue weighted by Crippen LogP contribution is 2.04. The van der Waals surface area contributed by atoms with Crippen molar-refractivity contribution in [2.24, 2.45) is 0 Å². The van der Waals surface area contributed by atoms with E-state index in [1.165, 1.54) is 58.3 Å². The Labute approximate surface area is 110 Å². The van der Waals surface area contributed by atoms with Crippen LogP contribution in [0.4, 0.5) is 0 Å². The van der Waals surface area contributed by atoms with Gasteiger partial charge in [0, 0.05) is 0 Å². The number of hydrogen-bond donors (Lipinski definition) is 0. The highest BCUT2D eigenvalue weighted by Gasteiger charge is 2.03. The van der Waals surface area contributed by atoms with Crippen molar-refractivity contribution in [3.05, 3.63) is 0 Å². The van der Waals surface area contributed by atoms with Crippen LogP contribution in [0, 0.1) is 0 Å². The van der Waals surface area contributed by atoms with Crippen molar-refractivity contribution in [3.63, 3.8) is 0 Å². The number of piperidine rings is 1. The van der Waals surface area contributed by atoms with Gasteiger partial charge in [0.2, 0.25) is 0 Å². The van der Waals surface area contributed by atoms with Gasteiger partial charge in [0.05, 0.1) is 0 Å². The summed E-state index contributed by atoms with van der Waals surface area (Å²) < 4.78 is 0. The predicted octanol–water partition coefficient (Wildman–Crippen LogP) is 3.87. The fraction of sp³-hybridized carbons (Fsp3) is 1.00. The van der Waals surface area contributed by atoms with Gasteiger partial charge >= 0.3 is 0 Å². The molecule has 0 saturated carbocycles. The Morgan fingerprint density at radius 3 is 0.824 bits per heavy atom. The summed E-state index contributed by atoms with van der Waals surface area (Å²) in [6, 6.07) is 0. The maximum atomic E-state index is 2.39. The summed E-state index contributed by atoms with van der Waals surface area (Å²) in [6.07, 6.45) is 7.10. The van der Waals surface area contributed by atoms with E-state index >= 15 is 0 Å². The first-order valence-electron chi connectivity index (χ1n) is 7.66. The molecule has 0 radical (unpaired) electrons. The van der Waals surface area contributed by atoms with E-state index in [0.717, 1.165) is 0 Å². The zero-order valence-corrected chi connectivity index (χ0v) is 13.3. The van der Waals surface area contributed by atoms with Crippen LogP contribution >= 0.6 is 0 Å². The molecule has 0 aliphatic carbocycles. The molecule has 2 rings (SSSR count). The molecular weight excluding hydrogens is 208 g/mol. The molecular formula is C15H36N2. The first-order valence-corrected chi connectivity index (χ1v) is 7.66. The molecule has 2 nitrogen and oxygen atoms in total. The van der Waals surface area contributed by atoms with E-state index in [1.807, 2.05) is 27.7 Å². The highest BCUT2D eigenvalue weighted by atomic mass is 15.1. The van der Waals surface area contributed by atoms with Crippen molar-refractivity contribution in [2.75, 3.05) is 40.3 Å². The summed E-state index contributed by atoms with van der Waals surface area (Å²) >= 11 is 0. The molecule has 106 valence electrons. The molecule has 2 fully saturated rings. The van der Waals surface area contributed by atoms with Crippen LogP contribution in [0.2, 0.25) is 0 Å². The SMILES string of the molecule is CC.CC.CN1CCCC1.CN1CCCCC1. The van der Waals surface area contributed by atoms with Crippen molar-refractivity contribution in [1.29, 1.82) is 0 Å². The van der Waals surface area contributed by atoms with E-state index in [9.17, 15) is 0 Å². The fourth-order valence-corrected chi connectivity index (χ4v) is 1.93. The summed E-state index contributed by atoms with van der Waals surface area (Å²) in [4.78, 5) is 4.75. The van der Waals surface area contributed by atoms with Crippen molar-refractivity contribution >= 4 is 0 Å². The number of likely N-dealkylation sites (tertiary alicyclic amines) is 2. The maximum Gasteiger partial charge on any atom is -0.00213 e. The number of nitrogens with zero attached hydrogens (tertiary/aromatic N) is 2. The smallest absolute Gasteiger partial charge is 0.00213 e. The molecule has 0 bridgehead atoms. The second kappa shape index (κ2) is 15.9. The van der Waals surface area contributed by atoms with Crippen LogP contribution in [0.3, 0.4) is 0 Å². The van der Waals surface area contributed by atoms with Gasteiger partial charge in [-0.25, -0.2) is 0 Å². The Hall–Kier alpha value is -0.0800. The second-order valence-corrected chi connectivity index (χ2v) is 4.37. The van der Waals surface area contributed by atoms with E-state index in [1.54, 1.807) is 0 Å². The lowest BCUT2D eigenvalue weighted by Gasteiger charge is -2.20. The van der Waals surface area contributed by atoms with Gasteiger partial charge < -0.3 is 9.80 Å². The first kappa shape index (κ1) is 19.3. The Morgan fingerprint density at radius 2 is 0.706 bits per heavy atom. The predicted molar refractivity (Wildman–Crippen MR) is 80.8 cm³/mol. The van der Waals surface area contributed by atoms with E-state index in [4.69, 9.17) is 0 Å². The Morgan fingerprint density at radius 1 is 0.471 bits per heavy atom. The zero-order chi connectivity index (χ0) is 13.5. The van der Waals surface area contributed by atoms with Gasteiger partial charge in [-0.15, -0.1) is 0 Å². The van der Waals surface area contributed by atoms with Crippen molar-refractivity contribution < 1.29 is 0 Å². The molecule has 17 heavy (non-hydrogen) atoms. The Kier molecular flexibility index (Phi) is 18.0. The van der Waals surface area contributed by atoms with E-state index < -0.39 is 0 Å². The van der Waals surface area contributed by atoms with Crippen molar-refractivity contribution in [1.82, 2.24) is 9.80 Å². The molecule has 0 aromatic rings. The third kappa shape index (κ3) is 13.9. The summed E-state index contributed by atoms with van der Waals surface area (Å²) in [5.74, 6) is 0. The fourth-order valence-electron chi connectivity index (χ4n) is 1.93. The van der Waals surface area contributed by atoms with Gasteiger partial charge in [-0.05, 0) is 66.0 Å². The van der Waals surface area contributed by atoms with Crippen LogP contribution in [-0.4, -0.2) is 50.1 Å². The van der Waals surface area contributed by atoms with Crippen molar-refractivity contribution in [2.45, 2.75) is 59.8 Å². The molecule has 2 heterocycles. The van der Waals surface area contributed by atoms with E-state index in [-0.39, 0.29) is 0 Å². The lowest BCUT2D eigenvalue weighted by Crippen LogP contribution is -2.24. The van der Waals surface area contributed by atoms with Crippen LogP contribution in [0.1, 0.15) is 59.8 Å². The first-order chi connectivity index (χ1) is 8.29. The van der Waals surface area contributed by atoms with E-state index in [0.29, 0.717) is 0 Å². The van der Waals surface area contributed by atoms with Crippen LogP contribution in [0.25, 0.3) is 0 Å². The molecule has 2 aliphatic rings. The Balaban J connectivity index is 0. The number of rotatable bonds is 0. The molecule has 2 heteroatoms. The topological polar surface area (TPSA) is 6.48 Å². The normalized spacial score (nSPS) is 20.1. The van der Waals surface area contributed by atoms with Crippen molar-refractivity contribution in [3.8, 4) is 0 Å². The van der Waals surface area contributed by atoms with Gasteiger partial charge in [0.25, 0.3) is 0 Å². The Bertz CT molecular complexity index is 114. The van der Waals surface area contributed by atoms with E-state index in [2.05, 4.69) is 23.9 Å². The van der Waals surface area contributed by atoms with Gasteiger partial charge in [0.15, 0.2) is 0 Å². The summed E-state index contributed by atoms with van der Waals surface area (Å²) in [5, 5.41) is 0. The number of hydrogen-bond acceptors (Lipinski definition) is 2. The van der Waals surface area contributed by atoms with Crippen LogP contribution in [-0.2, 0) is 0 Å². The monoisotopic (exact) mass is 244 g/mol. The molecule has 0 spiro atoms. The van der Waals surface area contributed by atoms with Crippen LogP contribution in [0.15, 0.2) is 0 Å².